The molecule has 0 saturated carbocycles. The van der Waals surface area contributed by atoms with Crippen molar-refractivity contribution in [3.8, 4) is 5.88 Å². The molecule has 4 rings (SSSR count). The molecule has 6 heteroatoms. The van der Waals surface area contributed by atoms with E-state index in [0.29, 0.717) is 24.4 Å². The molecular weight excluding hydrogens is 495 g/mol. The number of hydrogen-bond donors (Lipinski definition) is 1. The molecule has 0 amide bonds. The van der Waals surface area contributed by atoms with Crippen molar-refractivity contribution in [1.82, 2.24) is 9.88 Å². The number of pyridine rings is 1. The third kappa shape index (κ3) is 4.71. The van der Waals surface area contributed by atoms with Crippen LogP contribution < -0.4 is 4.74 Å². The molecule has 3 aromatic carbocycles. The largest absolute Gasteiger partial charge is 0.481 e. The average molecular weight is 523 g/mol. The Morgan fingerprint density at radius 1 is 1.03 bits per heavy atom. The van der Waals surface area contributed by atoms with Crippen LogP contribution in [0.2, 0.25) is 0 Å². The van der Waals surface area contributed by atoms with Crippen LogP contribution in [0.1, 0.15) is 29.0 Å². The molecule has 0 spiro atoms. The highest BCUT2D eigenvalue weighted by Gasteiger charge is 2.43. The van der Waals surface area contributed by atoms with Crippen molar-refractivity contribution in [3.05, 3.63) is 106 Å². The van der Waals surface area contributed by atoms with Crippen LogP contribution in [0.4, 0.5) is 4.39 Å². The predicted molar refractivity (Wildman–Crippen MR) is 138 cm³/mol. The summed E-state index contributed by atoms with van der Waals surface area (Å²) in [6.07, 6.45) is 0.303. The topological polar surface area (TPSA) is 45.6 Å². The fraction of sp³-hybridized carbons (Fsp3) is 0.250. The molecule has 1 aromatic heterocycles. The van der Waals surface area contributed by atoms with Gasteiger partial charge in [0.05, 0.1) is 12.6 Å². The molecule has 1 heterocycles. The van der Waals surface area contributed by atoms with Gasteiger partial charge in [-0.3, -0.25) is 0 Å². The van der Waals surface area contributed by atoms with Crippen molar-refractivity contribution >= 4 is 26.8 Å². The molecule has 4 aromatic rings. The van der Waals surface area contributed by atoms with Crippen LogP contribution in [-0.4, -0.2) is 42.7 Å². The van der Waals surface area contributed by atoms with E-state index in [4.69, 9.17) is 9.72 Å². The van der Waals surface area contributed by atoms with E-state index in [-0.39, 0.29) is 5.56 Å². The molecule has 0 bridgehead atoms. The van der Waals surface area contributed by atoms with E-state index in [9.17, 15) is 5.11 Å². The lowest BCUT2D eigenvalue weighted by molar-refractivity contribution is 0.000643. The first kappa shape index (κ1) is 24.3. The molecule has 0 aliphatic rings. The number of nitrogens with zero attached hydrogens (tertiary/aromatic N) is 2. The Balaban J connectivity index is 2.05. The van der Waals surface area contributed by atoms with Gasteiger partial charge in [0.2, 0.25) is 5.88 Å². The molecule has 0 saturated heterocycles. The first-order valence-corrected chi connectivity index (χ1v) is 11.9. The number of halogens is 2. The van der Waals surface area contributed by atoms with Crippen molar-refractivity contribution in [2.24, 2.45) is 0 Å². The maximum Gasteiger partial charge on any atom is 0.217 e. The number of methoxy groups -OCH3 is 1. The molecule has 2 unspecified atom stereocenters. The van der Waals surface area contributed by atoms with Gasteiger partial charge in [0, 0.05) is 33.4 Å². The number of rotatable bonds is 8. The third-order valence-corrected chi connectivity index (χ3v) is 6.89. The average Bonchev–Trinajstić information content (AvgIpc) is 2.84. The van der Waals surface area contributed by atoms with Gasteiger partial charge in [-0.25, -0.2) is 9.37 Å². The van der Waals surface area contributed by atoms with E-state index in [0.717, 1.165) is 20.9 Å². The summed E-state index contributed by atoms with van der Waals surface area (Å²) >= 11 is 3.63. The number of ether oxygens (including phenoxy) is 1. The van der Waals surface area contributed by atoms with Crippen LogP contribution in [0.25, 0.3) is 10.9 Å². The standard InChI is InChI=1S/C28H28BrFN2O2/c1-32(2)17-16-28(33,22-12-7-8-14-24(22)30)26(19-10-5-4-6-11-19)21-18-20-23(29)13-9-15-25(20)31-27(21)34-3/h4-15,18,26,33H,16-17H2,1-3H3. The molecule has 176 valence electrons. The molecule has 0 aliphatic heterocycles. The smallest absolute Gasteiger partial charge is 0.217 e. The molecular formula is C28H28BrFN2O2. The van der Waals surface area contributed by atoms with Crippen molar-refractivity contribution in [3.63, 3.8) is 0 Å². The number of fused-ring (bicyclic) bond motifs is 1. The summed E-state index contributed by atoms with van der Waals surface area (Å²) in [5, 5.41) is 13.4. The van der Waals surface area contributed by atoms with E-state index in [2.05, 4.69) is 15.9 Å². The van der Waals surface area contributed by atoms with Gasteiger partial charge in [0.1, 0.15) is 11.4 Å². The minimum atomic E-state index is -1.57. The zero-order chi connectivity index (χ0) is 24.3. The summed E-state index contributed by atoms with van der Waals surface area (Å²) in [7, 11) is 5.45. The Morgan fingerprint density at radius 3 is 2.41 bits per heavy atom. The van der Waals surface area contributed by atoms with Crippen LogP contribution in [-0.2, 0) is 5.60 Å². The molecule has 0 radical (unpaired) electrons. The molecule has 34 heavy (non-hydrogen) atoms. The molecule has 4 nitrogen and oxygen atoms in total. The van der Waals surface area contributed by atoms with Gasteiger partial charge in [0.15, 0.2) is 0 Å². The lowest BCUT2D eigenvalue weighted by Gasteiger charge is -2.39. The molecule has 0 aliphatic carbocycles. The Hall–Kier alpha value is -2.80. The van der Waals surface area contributed by atoms with Gasteiger partial charge in [-0.15, -0.1) is 0 Å². The lowest BCUT2D eigenvalue weighted by atomic mass is 9.71. The monoisotopic (exact) mass is 522 g/mol. The zero-order valence-electron chi connectivity index (χ0n) is 19.5. The van der Waals surface area contributed by atoms with Crippen molar-refractivity contribution in [2.45, 2.75) is 17.9 Å². The first-order chi connectivity index (χ1) is 16.3. The minimum absolute atomic E-state index is 0.250. The maximum absolute atomic E-state index is 15.3. The predicted octanol–water partition coefficient (Wildman–Crippen LogP) is 6.12. The highest BCUT2D eigenvalue weighted by molar-refractivity contribution is 9.10. The fourth-order valence-electron chi connectivity index (χ4n) is 4.53. The van der Waals surface area contributed by atoms with Crippen LogP contribution in [0.15, 0.2) is 83.3 Å². The molecule has 2 atom stereocenters. The van der Waals surface area contributed by atoms with Gasteiger partial charge < -0.3 is 14.7 Å². The summed E-state index contributed by atoms with van der Waals surface area (Å²) in [4.78, 5) is 6.74. The van der Waals surface area contributed by atoms with Gasteiger partial charge in [-0.05, 0) is 50.3 Å². The van der Waals surface area contributed by atoms with E-state index in [1.54, 1.807) is 25.3 Å². The summed E-state index contributed by atoms with van der Waals surface area (Å²) in [5.74, 6) is -0.679. The van der Waals surface area contributed by atoms with Crippen molar-refractivity contribution in [1.29, 1.82) is 0 Å². The van der Waals surface area contributed by atoms with Gasteiger partial charge in [0.25, 0.3) is 0 Å². The van der Waals surface area contributed by atoms with Gasteiger partial charge >= 0.3 is 0 Å². The normalized spacial score (nSPS) is 14.2. The second-order valence-corrected chi connectivity index (χ2v) is 9.55. The summed E-state index contributed by atoms with van der Waals surface area (Å²) in [5.41, 5.74) is 0.988. The van der Waals surface area contributed by atoms with Gasteiger partial charge in [-0.1, -0.05) is 70.5 Å². The summed E-state index contributed by atoms with van der Waals surface area (Å²) < 4.78 is 21.9. The second kappa shape index (κ2) is 10.2. The number of aliphatic hydroxyl groups is 1. The number of benzene rings is 3. The Morgan fingerprint density at radius 2 is 1.74 bits per heavy atom. The maximum atomic E-state index is 15.3. The Bertz CT molecular complexity index is 1280. The van der Waals surface area contributed by atoms with E-state index >= 15 is 4.39 Å². The van der Waals surface area contributed by atoms with Crippen LogP contribution in [0, 0.1) is 5.82 Å². The number of aromatic nitrogens is 1. The third-order valence-electron chi connectivity index (χ3n) is 6.19. The minimum Gasteiger partial charge on any atom is -0.481 e. The van der Waals surface area contributed by atoms with E-state index < -0.39 is 17.3 Å². The van der Waals surface area contributed by atoms with Crippen molar-refractivity contribution < 1.29 is 14.2 Å². The number of hydrogen-bond acceptors (Lipinski definition) is 4. The Labute approximate surface area is 208 Å². The SMILES string of the molecule is COc1nc2cccc(Br)c2cc1C(c1ccccc1)C(O)(CCN(C)C)c1ccccc1F. The lowest BCUT2D eigenvalue weighted by Crippen LogP contribution is -2.38. The highest BCUT2D eigenvalue weighted by Crippen LogP contribution is 2.48. The van der Waals surface area contributed by atoms with E-state index in [1.165, 1.54) is 6.07 Å². The zero-order valence-corrected chi connectivity index (χ0v) is 21.1. The quantitative estimate of drug-likeness (QED) is 0.303. The second-order valence-electron chi connectivity index (χ2n) is 8.69. The summed E-state index contributed by atoms with van der Waals surface area (Å²) in [6, 6.07) is 23.9. The summed E-state index contributed by atoms with van der Waals surface area (Å²) in [6.45, 7) is 0.557. The van der Waals surface area contributed by atoms with Crippen LogP contribution >= 0.6 is 15.9 Å². The van der Waals surface area contributed by atoms with Crippen LogP contribution in [0.3, 0.4) is 0 Å². The fourth-order valence-corrected chi connectivity index (χ4v) is 5.00. The van der Waals surface area contributed by atoms with Crippen LogP contribution in [0.5, 0.6) is 5.88 Å². The van der Waals surface area contributed by atoms with Gasteiger partial charge in [-0.2, -0.15) is 0 Å². The Kier molecular flexibility index (Phi) is 7.31. The molecule has 1 N–H and O–H groups in total. The van der Waals surface area contributed by atoms with Crippen molar-refractivity contribution in [2.75, 3.05) is 27.7 Å². The molecule has 0 fully saturated rings. The first-order valence-electron chi connectivity index (χ1n) is 11.2. The highest BCUT2D eigenvalue weighted by atomic mass is 79.9. The van der Waals surface area contributed by atoms with E-state index in [1.807, 2.05) is 73.6 Å².